The summed E-state index contributed by atoms with van der Waals surface area (Å²) >= 11 is 0. The molecular weight excluding hydrogens is 605 g/mol. The third kappa shape index (κ3) is 4.57. The lowest BCUT2D eigenvalue weighted by Gasteiger charge is -2.29. The van der Waals surface area contributed by atoms with Crippen LogP contribution >= 0.6 is 0 Å². The number of hydrogen-bond donors (Lipinski definition) is 0. The molecule has 0 fully saturated rings. The molecule has 234 valence electrons. The zero-order chi connectivity index (χ0) is 33.0. The first kappa shape index (κ1) is 28.4. The van der Waals surface area contributed by atoms with Crippen molar-refractivity contribution in [1.29, 1.82) is 0 Å². The zero-order valence-corrected chi connectivity index (χ0v) is 27.4. The Morgan fingerprint density at radius 3 is 1.04 bits per heavy atom. The maximum atomic E-state index is 2.41. The van der Waals surface area contributed by atoms with E-state index in [-0.39, 0.29) is 0 Å². The van der Waals surface area contributed by atoms with Gasteiger partial charge in [0.2, 0.25) is 0 Å². The molecule has 0 amide bonds. The zero-order valence-electron chi connectivity index (χ0n) is 27.4. The molecule has 10 aromatic carbocycles. The van der Waals surface area contributed by atoms with Gasteiger partial charge in [-0.1, -0.05) is 133 Å². The van der Waals surface area contributed by atoms with Crippen molar-refractivity contribution >= 4 is 88.0 Å². The van der Waals surface area contributed by atoms with E-state index < -0.39 is 0 Å². The van der Waals surface area contributed by atoms with E-state index in [1.165, 1.54) is 53.9 Å². The first-order chi connectivity index (χ1) is 24.8. The van der Waals surface area contributed by atoms with E-state index in [0.717, 1.165) is 34.1 Å². The van der Waals surface area contributed by atoms with E-state index in [2.05, 4.69) is 204 Å². The highest BCUT2D eigenvalue weighted by atomic mass is 15.1. The summed E-state index contributed by atoms with van der Waals surface area (Å²) in [6, 6.07) is 70.6. The average molecular weight is 637 g/mol. The highest BCUT2D eigenvalue weighted by Gasteiger charge is 2.22. The molecule has 50 heavy (non-hydrogen) atoms. The molecule has 0 saturated carbocycles. The lowest BCUT2D eigenvalue weighted by atomic mass is 9.91. The molecule has 0 N–H and O–H groups in total. The van der Waals surface area contributed by atoms with E-state index in [4.69, 9.17) is 0 Å². The second-order valence-corrected chi connectivity index (χ2v) is 13.0. The summed E-state index contributed by atoms with van der Waals surface area (Å²) in [4.78, 5) is 4.81. The van der Waals surface area contributed by atoms with E-state index in [9.17, 15) is 0 Å². The molecule has 10 aromatic rings. The summed E-state index contributed by atoms with van der Waals surface area (Å²) in [6.45, 7) is 0. The van der Waals surface area contributed by atoms with Crippen molar-refractivity contribution in [3.05, 3.63) is 194 Å². The van der Waals surface area contributed by atoms with Crippen molar-refractivity contribution in [2.24, 2.45) is 0 Å². The van der Waals surface area contributed by atoms with Crippen LogP contribution in [0.1, 0.15) is 0 Å². The minimum absolute atomic E-state index is 1.13. The van der Waals surface area contributed by atoms with Gasteiger partial charge in [0.05, 0.1) is 11.4 Å². The molecule has 10 rings (SSSR count). The van der Waals surface area contributed by atoms with Gasteiger partial charge in [-0.3, -0.25) is 0 Å². The van der Waals surface area contributed by atoms with Crippen molar-refractivity contribution in [3.8, 4) is 0 Å². The molecule has 2 nitrogen and oxygen atoms in total. The van der Waals surface area contributed by atoms with Crippen molar-refractivity contribution in [3.63, 3.8) is 0 Å². The van der Waals surface area contributed by atoms with Crippen LogP contribution in [0.2, 0.25) is 0 Å². The Morgan fingerprint density at radius 2 is 0.600 bits per heavy atom. The number of benzene rings is 10. The topological polar surface area (TPSA) is 6.48 Å². The van der Waals surface area contributed by atoms with Gasteiger partial charge < -0.3 is 9.80 Å². The SMILES string of the molecule is c1ccc(N(c2ccc3ccccc3c2)c2ccc3ccc4ccc(N(c5ccccc5)c5ccc6ccccc6c5)c5ccc2c3c45)cc1. The molecular formula is C48H32N2. The van der Waals surface area contributed by atoms with Gasteiger partial charge in [0, 0.05) is 33.5 Å². The third-order valence-electron chi connectivity index (χ3n) is 10.1. The minimum atomic E-state index is 1.13. The highest BCUT2D eigenvalue weighted by Crippen LogP contribution is 2.48. The Labute approximate surface area is 291 Å². The minimum Gasteiger partial charge on any atom is -0.310 e. The van der Waals surface area contributed by atoms with Gasteiger partial charge in [-0.05, 0) is 104 Å². The first-order valence-electron chi connectivity index (χ1n) is 17.2. The lowest BCUT2D eigenvalue weighted by Crippen LogP contribution is -2.11. The van der Waals surface area contributed by atoms with Crippen LogP contribution in [0.15, 0.2) is 194 Å². The molecule has 0 atom stereocenters. The molecule has 2 heteroatoms. The molecule has 0 radical (unpaired) electrons. The van der Waals surface area contributed by atoms with Gasteiger partial charge in [0.1, 0.15) is 0 Å². The second-order valence-electron chi connectivity index (χ2n) is 13.0. The monoisotopic (exact) mass is 636 g/mol. The van der Waals surface area contributed by atoms with Gasteiger partial charge in [-0.2, -0.15) is 0 Å². The molecule has 0 aliphatic heterocycles. The molecule has 0 spiro atoms. The Morgan fingerprint density at radius 1 is 0.240 bits per heavy atom. The number of hydrogen-bond acceptors (Lipinski definition) is 2. The van der Waals surface area contributed by atoms with Crippen molar-refractivity contribution < 1.29 is 0 Å². The van der Waals surface area contributed by atoms with E-state index in [0.29, 0.717) is 0 Å². The van der Waals surface area contributed by atoms with Crippen LogP contribution in [0.25, 0.3) is 53.9 Å². The van der Waals surface area contributed by atoms with Gasteiger partial charge >= 0.3 is 0 Å². The number of rotatable bonds is 6. The molecule has 0 aromatic heterocycles. The average Bonchev–Trinajstić information content (AvgIpc) is 3.19. The van der Waals surface area contributed by atoms with Crippen LogP contribution in [-0.4, -0.2) is 0 Å². The maximum Gasteiger partial charge on any atom is 0.0540 e. The van der Waals surface area contributed by atoms with Crippen LogP contribution in [0, 0.1) is 0 Å². The van der Waals surface area contributed by atoms with Crippen molar-refractivity contribution in [2.45, 2.75) is 0 Å². The largest absolute Gasteiger partial charge is 0.310 e. The van der Waals surface area contributed by atoms with Gasteiger partial charge in [0.15, 0.2) is 0 Å². The number of nitrogens with zero attached hydrogens (tertiary/aromatic N) is 2. The molecule has 0 heterocycles. The highest BCUT2D eigenvalue weighted by molar-refractivity contribution is 6.28. The summed E-state index contributed by atoms with van der Waals surface area (Å²) < 4.78 is 0. The summed E-state index contributed by atoms with van der Waals surface area (Å²) in [7, 11) is 0. The fraction of sp³-hybridized carbons (Fsp3) is 0. The quantitative estimate of drug-likeness (QED) is 0.168. The predicted octanol–water partition coefficient (Wildman–Crippen LogP) is 13.8. The van der Waals surface area contributed by atoms with Crippen LogP contribution in [0.3, 0.4) is 0 Å². The van der Waals surface area contributed by atoms with Crippen LogP contribution in [-0.2, 0) is 0 Å². The lowest BCUT2D eigenvalue weighted by molar-refractivity contribution is 1.30. The summed E-state index contributed by atoms with van der Waals surface area (Å²) in [5.74, 6) is 0. The Hall–Kier alpha value is -6.64. The normalized spacial score (nSPS) is 11.6. The molecule has 0 bridgehead atoms. The first-order valence-corrected chi connectivity index (χ1v) is 17.2. The van der Waals surface area contributed by atoms with Crippen LogP contribution in [0.5, 0.6) is 0 Å². The standard InChI is InChI=1S/C48H32N2/c1-3-15-39(16-4-1)49(41-25-21-33-11-7-9-13-37(33)31-41)45-29-23-35-19-20-36-24-30-46(44-28-27-43(45)47(35)48(36)44)50(40-17-5-2-6-18-40)42-26-22-34-12-8-10-14-38(34)32-42/h1-32H. The van der Waals surface area contributed by atoms with Gasteiger partial charge in [-0.15, -0.1) is 0 Å². The van der Waals surface area contributed by atoms with Crippen molar-refractivity contribution in [1.82, 2.24) is 0 Å². The van der Waals surface area contributed by atoms with E-state index in [1.54, 1.807) is 0 Å². The van der Waals surface area contributed by atoms with Crippen LogP contribution < -0.4 is 9.80 Å². The molecule has 0 saturated heterocycles. The Bertz CT molecular complexity index is 2630. The summed E-state index contributed by atoms with van der Waals surface area (Å²) in [5, 5.41) is 12.4. The fourth-order valence-corrected chi connectivity index (χ4v) is 7.80. The van der Waals surface area contributed by atoms with Crippen molar-refractivity contribution in [2.75, 3.05) is 9.80 Å². The Kier molecular flexibility index (Phi) is 6.53. The van der Waals surface area contributed by atoms with E-state index in [1.807, 2.05) is 0 Å². The molecule has 0 aliphatic rings. The predicted molar refractivity (Wildman–Crippen MR) is 215 cm³/mol. The number of fused-ring (bicyclic) bond motifs is 2. The smallest absolute Gasteiger partial charge is 0.0540 e. The number of anilines is 6. The third-order valence-corrected chi connectivity index (χ3v) is 10.1. The summed E-state index contributed by atoms with van der Waals surface area (Å²) in [6.07, 6.45) is 0. The molecule has 0 unspecified atom stereocenters. The number of para-hydroxylation sites is 2. The summed E-state index contributed by atoms with van der Waals surface area (Å²) in [5.41, 5.74) is 6.85. The Balaban J connectivity index is 1.23. The van der Waals surface area contributed by atoms with E-state index >= 15 is 0 Å². The second kappa shape index (κ2) is 11.5. The van der Waals surface area contributed by atoms with Gasteiger partial charge in [0.25, 0.3) is 0 Å². The van der Waals surface area contributed by atoms with Crippen LogP contribution in [0.4, 0.5) is 34.1 Å². The van der Waals surface area contributed by atoms with Gasteiger partial charge in [-0.25, -0.2) is 0 Å². The maximum absolute atomic E-state index is 2.41. The molecule has 0 aliphatic carbocycles. The fourth-order valence-electron chi connectivity index (χ4n) is 7.80.